The first-order chi connectivity index (χ1) is 12.0. The first-order valence-electron chi connectivity index (χ1n) is 7.47. The van der Waals surface area contributed by atoms with Gasteiger partial charge in [-0.15, -0.1) is 0 Å². The highest BCUT2D eigenvalue weighted by atomic mass is 19.1. The average Bonchev–Trinajstić information content (AvgIpc) is 3.06. The minimum Gasteiger partial charge on any atom is -0.490 e. The smallest absolute Gasteiger partial charge is 0.276 e. The van der Waals surface area contributed by atoms with Crippen molar-refractivity contribution >= 4 is 16.6 Å². The fraction of sp³-hybridized carbons (Fsp3) is 0.176. The highest BCUT2D eigenvalue weighted by Crippen LogP contribution is 2.25. The number of nitro benzene ring substituents is 1. The summed E-state index contributed by atoms with van der Waals surface area (Å²) in [5.74, 6) is -0.202. The van der Waals surface area contributed by atoms with Crippen molar-refractivity contribution in [2.45, 2.75) is 6.10 Å². The second kappa shape index (κ2) is 7.18. The standard InChI is InChI=1S/C17H15FN2O5/c18-11-6-12(20(22)23)8-14(7-11)24-9-13(21)10-25-17-3-1-2-16-15(17)4-5-19-16/h1-8,13,19,21H,9-10H2. The Kier molecular flexibility index (Phi) is 4.80. The van der Waals surface area contributed by atoms with Crippen LogP contribution in [0.5, 0.6) is 11.5 Å². The highest BCUT2D eigenvalue weighted by Gasteiger charge is 2.13. The van der Waals surface area contributed by atoms with E-state index in [4.69, 9.17) is 9.47 Å². The lowest BCUT2D eigenvalue weighted by Gasteiger charge is -2.14. The SMILES string of the molecule is O=[N+]([O-])c1cc(F)cc(OCC(O)COc2cccc3[nH]ccc23)c1. The van der Waals surface area contributed by atoms with Crippen LogP contribution in [0.1, 0.15) is 0 Å². The Balaban J connectivity index is 1.57. The van der Waals surface area contributed by atoms with E-state index in [1.54, 1.807) is 12.3 Å². The quantitative estimate of drug-likeness (QED) is 0.506. The molecular formula is C17H15FN2O5. The number of nitrogens with zero attached hydrogens (tertiary/aromatic N) is 1. The van der Waals surface area contributed by atoms with Crippen molar-refractivity contribution in [3.63, 3.8) is 0 Å². The zero-order valence-electron chi connectivity index (χ0n) is 13.0. The van der Waals surface area contributed by atoms with Crippen LogP contribution < -0.4 is 9.47 Å². The van der Waals surface area contributed by atoms with Crippen LogP contribution in [-0.4, -0.2) is 34.3 Å². The number of ether oxygens (including phenoxy) is 2. The van der Waals surface area contributed by atoms with Crippen LogP contribution in [0.2, 0.25) is 0 Å². The first-order valence-corrected chi connectivity index (χ1v) is 7.47. The largest absolute Gasteiger partial charge is 0.490 e. The Morgan fingerprint density at radius 1 is 1.20 bits per heavy atom. The van der Waals surface area contributed by atoms with Gasteiger partial charge in [-0.2, -0.15) is 0 Å². The third kappa shape index (κ3) is 4.04. The van der Waals surface area contributed by atoms with Crippen LogP contribution in [0.4, 0.5) is 10.1 Å². The molecule has 0 fully saturated rings. The van der Waals surface area contributed by atoms with E-state index in [9.17, 15) is 19.6 Å². The average molecular weight is 346 g/mol. The minimum absolute atomic E-state index is 0.0292. The molecule has 2 aromatic carbocycles. The lowest BCUT2D eigenvalue weighted by Crippen LogP contribution is -2.25. The van der Waals surface area contributed by atoms with Gasteiger partial charge >= 0.3 is 0 Å². The van der Waals surface area contributed by atoms with Crippen molar-refractivity contribution in [1.29, 1.82) is 0 Å². The van der Waals surface area contributed by atoms with Gasteiger partial charge in [0.25, 0.3) is 5.69 Å². The molecule has 25 heavy (non-hydrogen) atoms. The van der Waals surface area contributed by atoms with E-state index in [1.807, 2.05) is 18.2 Å². The molecule has 0 saturated heterocycles. The molecule has 7 nitrogen and oxygen atoms in total. The van der Waals surface area contributed by atoms with Crippen molar-refractivity contribution in [1.82, 2.24) is 4.98 Å². The van der Waals surface area contributed by atoms with Crippen molar-refractivity contribution in [2.24, 2.45) is 0 Å². The lowest BCUT2D eigenvalue weighted by atomic mass is 10.2. The highest BCUT2D eigenvalue weighted by molar-refractivity contribution is 5.85. The summed E-state index contributed by atoms with van der Waals surface area (Å²) in [6, 6.07) is 10.3. The van der Waals surface area contributed by atoms with Crippen molar-refractivity contribution in [3.8, 4) is 11.5 Å². The van der Waals surface area contributed by atoms with Gasteiger partial charge in [0.15, 0.2) is 0 Å². The minimum atomic E-state index is -0.989. The fourth-order valence-corrected chi connectivity index (χ4v) is 2.35. The molecule has 130 valence electrons. The topological polar surface area (TPSA) is 97.6 Å². The molecule has 0 radical (unpaired) electrons. The summed E-state index contributed by atoms with van der Waals surface area (Å²) in [6.07, 6.45) is 0.796. The van der Waals surface area contributed by atoms with Crippen LogP contribution in [0.25, 0.3) is 10.9 Å². The summed E-state index contributed by atoms with van der Waals surface area (Å²) in [7, 11) is 0. The third-order valence-electron chi connectivity index (χ3n) is 3.50. The molecule has 1 aromatic heterocycles. The number of halogens is 1. The summed E-state index contributed by atoms with van der Waals surface area (Å²) < 4.78 is 24.1. The van der Waals surface area contributed by atoms with E-state index in [0.717, 1.165) is 29.1 Å². The molecule has 0 bridgehead atoms. The molecule has 3 rings (SSSR count). The second-order valence-corrected chi connectivity index (χ2v) is 5.37. The van der Waals surface area contributed by atoms with Gasteiger partial charge in [-0.3, -0.25) is 10.1 Å². The number of rotatable bonds is 7. The molecule has 0 aliphatic rings. The summed E-state index contributed by atoms with van der Waals surface area (Å²) in [5, 5.41) is 21.5. The maximum atomic E-state index is 13.3. The number of benzene rings is 2. The molecule has 3 aromatic rings. The number of H-pyrrole nitrogens is 1. The first kappa shape index (κ1) is 16.7. The zero-order chi connectivity index (χ0) is 17.8. The molecule has 1 unspecified atom stereocenters. The summed E-state index contributed by atoms with van der Waals surface area (Å²) in [4.78, 5) is 13.0. The van der Waals surface area contributed by atoms with Crippen molar-refractivity contribution < 1.29 is 23.9 Å². The van der Waals surface area contributed by atoms with Gasteiger partial charge in [0.2, 0.25) is 0 Å². The van der Waals surface area contributed by atoms with Crippen LogP contribution in [0.15, 0.2) is 48.7 Å². The normalized spacial score (nSPS) is 12.1. The number of fused-ring (bicyclic) bond motifs is 1. The summed E-state index contributed by atoms with van der Waals surface area (Å²) >= 11 is 0. The van der Waals surface area contributed by atoms with Gasteiger partial charge in [0.05, 0.1) is 17.1 Å². The number of nitro groups is 1. The van der Waals surface area contributed by atoms with E-state index in [0.29, 0.717) is 5.75 Å². The van der Waals surface area contributed by atoms with Gasteiger partial charge in [0, 0.05) is 23.2 Å². The summed E-state index contributed by atoms with van der Waals surface area (Å²) in [6.45, 7) is -0.231. The fourth-order valence-electron chi connectivity index (χ4n) is 2.35. The molecule has 0 amide bonds. The van der Waals surface area contributed by atoms with Gasteiger partial charge < -0.3 is 19.6 Å². The molecule has 0 saturated carbocycles. The van der Waals surface area contributed by atoms with E-state index < -0.39 is 22.5 Å². The Morgan fingerprint density at radius 3 is 2.80 bits per heavy atom. The number of aliphatic hydroxyl groups excluding tert-OH is 1. The number of hydrogen-bond donors (Lipinski definition) is 2. The maximum Gasteiger partial charge on any atom is 0.276 e. The number of aliphatic hydroxyl groups is 1. The van der Waals surface area contributed by atoms with Crippen molar-refractivity contribution in [2.75, 3.05) is 13.2 Å². The van der Waals surface area contributed by atoms with Crippen LogP contribution in [-0.2, 0) is 0 Å². The molecule has 1 atom stereocenters. The van der Waals surface area contributed by atoms with Crippen LogP contribution >= 0.6 is 0 Å². The number of aromatic amines is 1. The molecule has 0 spiro atoms. The zero-order valence-corrected chi connectivity index (χ0v) is 13.0. The van der Waals surface area contributed by atoms with Gasteiger partial charge in [-0.05, 0) is 18.2 Å². The molecule has 0 aliphatic carbocycles. The predicted molar refractivity (Wildman–Crippen MR) is 88.3 cm³/mol. The Morgan fingerprint density at radius 2 is 2.00 bits per heavy atom. The molecule has 0 aliphatic heterocycles. The van der Waals surface area contributed by atoms with Crippen LogP contribution in [0, 0.1) is 15.9 Å². The maximum absolute atomic E-state index is 13.3. The third-order valence-corrected chi connectivity index (χ3v) is 3.50. The van der Waals surface area contributed by atoms with Crippen molar-refractivity contribution in [3.05, 3.63) is 64.6 Å². The van der Waals surface area contributed by atoms with E-state index >= 15 is 0 Å². The predicted octanol–water partition coefficient (Wildman–Crippen LogP) is 3.03. The molecule has 2 N–H and O–H groups in total. The Bertz CT molecular complexity index is 896. The number of hydrogen-bond acceptors (Lipinski definition) is 5. The van der Waals surface area contributed by atoms with E-state index in [1.165, 1.54) is 0 Å². The molecule has 1 heterocycles. The Hall–Kier alpha value is -3.13. The molecular weight excluding hydrogens is 331 g/mol. The number of non-ortho nitro benzene ring substituents is 1. The van der Waals surface area contributed by atoms with E-state index in [-0.39, 0.29) is 19.0 Å². The Labute approximate surface area is 141 Å². The van der Waals surface area contributed by atoms with E-state index in [2.05, 4.69) is 4.98 Å². The van der Waals surface area contributed by atoms with Crippen LogP contribution in [0.3, 0.4) is 0 Å². The summed E-state index contributed by atoms with van der Waals surface area (Å²) in [5.41, 5.74) is 0.496. The monoisotopic (exact) mass is 346 g/mol. The van der Waals surface area contributed by atoms with Gasteiger partial charge in [0.1, 0.15) is 36.6 Å². The lowest BCUT2D eigenvalue weighted by molar-refractivity contribution is -0.385. The second-order valence-electron chi connectivity index (χ2n) is 5.37. The van der Waals surface area contributed by atoms with Gasteiger partial charge in [-0.1, -0.05) is 6.07 Å². The number of aromatic nitrogens is 1. The molecule has 8 heteroatoms. The number of nitrogens with one attached hydrogen (secondary N) is 1. The van der Waals surface area contributed by atoms with Gasteiger partial charge in [-0.25, -0.2) is 4.39 Å².